The van der Waals surface area contributed by atoms with Gasteiger partial charge < -0.3 is 5.73 Å². The molecule has 0 radical (unpaired) electrons. The Morgan fingerprint density at radius 3 is 2.63 bits per heavy atom. The molecule has 19 heavy (non-hydrogen) atoms. The van der Waals surface area contributed by atoms with Crippen LogP contribution in [0.5, 0.6) is 0 Å². The number of nitrogens with one attached hydrogen (secondary N) is 1. The van der Waals surface area contributed by atoms with Crippen LogP contribution in [-0.2, 0) is 10.0 Å². The van der Waals surface area contributed by atoms with Crippen molar-refractivity contribution < 1.29 is 12.8 Å². The zero-order valence-electron chi connectivity index (χ0n) is 10.7. The zero-order valence-corrected chi connectivity index (χ0v) is 11.5. The summed E-state index contributed by atoms with van der Waals surface area (Å²) in [5.41, 5.74) is 5.97. The fourth-order valence-corrected chi connectivity index (χ4v) is 3.62. The molecule has 4 nitrogen and oxygen atoms in total. The Balaban J connectivity index is 2.04. The fourth-order valence-electron chi connectivity index (χ4n) is 2.45. The van der Waals surface area contributed by atoms with Crippen molar-refractivity contribution in [3.05, 3.63) is 30.1 Å². The number of nitrogens with two attached hydrogens (primary N) is 1. The number of sulfonamides is 1. The highest BCUT2D eigenvalue weighted by Crippen LogP contribution is 2.23. The van der Waals surface area contributed by atoms with Crippen LogP contribution in [0.3, 0.4) is 0 Å². The van der Waals surface area contributed by atoms with Gasteiger partial charge in [0, 0.05) is 12.6 Å². The van der Waals surface area contributed by atoms with E-state index in [1.807, 2.05) is 0 Å². The van der Waals surface area contributed by atoms with E-state index in [1.165, 1.54) is 18.2 Å². The van der Waals surface area contributed by atoms with Crippen LogP contribution in [0, 0.1) is 11.7 Å². The topological polar surface area (TPSA) is 72.2 Å². The van der Waals surface area contributed by atoms with Crippen molar-refractivity contribution in [2.75, 3.05) is 6.54 Å². The summed E-state index contributed by atoms with van der Waals surface area (Å²) in [6.45, 7) is 0.276. The molecule has 1 aliphatic carbocycles. The van der Waals surface area contributed by atoms with Crippen molar-refractivity contribution in [2.24, 2.45) is 11.7 Å². The normalized spacial score (nSPS) is 24.3. The number of rotatable bonds is 4. The molecule has 0 bridgehead atoms. The van der Waals surface area contributed by atoms with Gasteiger partial charge in [-0.1, -0.05) is 25.0 Å². The van der Waals surface area contributed by atoms with Gasteiger partial charge in [0.15, 0.2) is 0 Å². The Bertz CT molecular complexity index is 533. The lowest BCUT2D eigenvalue weighted by atomic mass is 9.85. The molecule has 1 saturated carbocycles. The Kier molecular flexibility index (Phi) is 4.54. The minimum atomic E-state index is -3.79. The molecule has 0 aromatic heterocycles. The predicted octanol–water partition coefficient (Wildman–Crippen LogP) is 1.62. The number of hydrogen-bond acceptors (Lipinski definition) is 3. The Morgan fingerprint density at radius 2 is 1.95 bits per heavy atom. The van der Waals surface area contributed by atoms with Crippen LogP contribution in [0.2, 0.25) is 0 Å². The van der Waals surface area contributed by atoms with Crippen molar-refractivity contribution in [1.82, 2.24) is 4.72 Å². The van der Waals surface area contributed by atoms with Gasteiger partial charge in [-0.25, -0.2) is 17.5 Å². The molecule has 0 heterocycles. The molecule has 1 aliphatic rings. The Morgan fingerprint density at radius 1 is 1.26 bits per heavy atom. The van der Waals surface area contributed by atoms with Gasteiger partial charge in [0.1, 0.15) is 10.7 Å². The van der Waals surface area contributed by atoms with E-state index in [2.05, 4.69) is 4.72 Å². The summed E-state index contributed by atoms with van der Waals surface area (Å²) in [5.74, 6) is -0.599. The van der Waals surface area contributed by atoms with Crippen molar-refractivity contribution in [1.29, 1.82) is 0 Å². The van der Waals surface area contributed by atoms with E-state index in [0.717, 1.165) is 31.7 Å². The van der Waals surface area contributed by atoms with Gasteiger partial charge >= 0.3 is 0 Å². The minimum absolute atomic E-state index is 0.0251. The summed E-state index contributed by atoms with van der Waals surface area (Å²) in [7, 11) is -3.79. The lowest BCUT2D eigenvalue weighted by Gasteiger charge is -2.28. The average molecular weight is 286 g/mol. The van der Waals surface area contributed by atoms with E-state index >= 15 is 0 Å². The van der Waals surface area contributed by atoms with Gasteiger partial charge in [-0.2, -0.15) is 0 Å². The van der Waals surface area contributed by atoms with E-state index in [9.17, 15) is 12.8 Å². The third-order valence-corrected chi connectivity index (χ3v) is 5.09. The molecule has 1 aromatic rings. The first-order valence-corrected chi connectivity index (χ1v) is 7.99. The van der Waals surface area contributed by atoms with Crippen LogP contribution < -0.4 is 10.5 Å². The molecule has 3 N–H and O–H groups in total. The van der Waals surface area contributed by atoms with Gasteiger partial charge in [-0.3, -0.25) is 0 Å². The molecule has 2 unspecified atom stereocenters. The monoisotopic (exact) mass is 286 g/mol. The summed E-state index contributed by atoms with van der Waals surface area (Å²) in [4.78, 5) is -0.306. The van der Waals surface area contributed by atoms with Gasteiger partial charge in [0.2, 0.25) is 10.0 Å². The molecule has 0 saturated heterocycles. The van der Waals surface area contributed by atoms with E-state index in [4.69, 9.17) is 5.73 Å². The van der Waals surface area contributed by atoms with Crippen LogP contribution in [0.4, 0.5) is 4.39 Å². The largest absolute Gasteiger partial charge is 0.327 e. The van der Waals surface area contributed by atoms with E-state index in [1.54, 1.807) is 0 Å². The van der Waals surface area contributed by atoms with Gasteiger partial charge in [0.25, 0.3) is 0 Å². The van der Waals surface area contributed by atoms with Crippen molar-refractivity contribution in [3.8, 4) is 0 Å². The smallest absolute Gasteiger partial charge is 0.243 e. The first kappa shape index (κ1) is 14.4. The Hall–Kier alpha value is -0.980. The highest BCUT2D eigenvalue weighted by Gasteiger charge is 2.25. The molecule has 0 amide bonds. The zero-order chi connectivity index (χ0) is 13.9. The second-order valence-corrected chi connectivity index (χ2v) is 6.73. The van der Waals surface area contributed by atoms with E-state index < -0.39 is 15.8 Å². The minimum Gasteiger partial charge on any atom is -0.327 e. The van der Waals surface area contributed by atoms with Crippen molar-refractivity contribution >= 4 is 10.0 Å². The molecule has 1 aromatic carbocycles. The highest BCUT2D eigenvalue weighted by molar-refractivity contribution is 7.89. The molecule has 2 rings (SSSR count). The molecule has 106 valence electrons. The molecule has 6 heteroatoms. The SMILES string of the molecule is NC1CCCCC1CNS(=O)(=O)c1ccccc1F. The van der Waals surface area contributed by atoms with Gasteiger partial charge in [0.05, 0.1) is 0 Å². The number of hydrogen-bond donors (Lipinski definition) is 2. The van der Waals surface area contributed by atoms with E-state index in [0.29, 0.717) is 0 Å². The molecular formula is C13H19FN2O2S. The first-order chi connectivity index (χ1) is 9.00. The second kappa shape index (κ2) is 5.98. The maximum atomic E-state index is 13.5. The van der Waals surface area contributed by atoms with Crippen LogP contribution in [0.1, 0.15) is 25.7 Å². The predicted molar refractivity (Wildman–Crippen MR) is 71.5 cm³/mol. The van der Waals surface area contributed by atoms with E-state index in [-0.39, 0.29) is 23.4 Å². The maximum absolute atomic E-state index is 13.5. The third-order valence-electron chi connectivity index (χ3n) is 3.63. The molecule has 1 fully saturated rings. The van der Waals surface area contributed by atoms with Crippen LogP contribution in [0.25, 0.3) is 0 Å². The summed E-state index contributed by atoms with van der Waals surface area (Å²) < 4.78 is 40.0. The highest BCUT2D eigenvalue weighted by atomic mass is 32.2. The van der Waals surface area contributed by atoms with Crippen molar-refractivity contribution in [3.63, 3.8) is 0 Å². The fraction of sp³-hybridized carbons (Fsp3) is 0.538. The first-order valence-electron chi connectivity index (χ1n) is 6.50. The Labute approximate surface area is 113 Å². The second-order valence-electron chi connectivity index (χ2n) is 4.99. The van der Waals surface area contributed by atoms with Crippen LogP contribution >= 0.6 is 0 Å². The summed E-state index contributed by atoms with van der Waals surface area (Å²) in [6, 6.07) is 5.39. The molecular weight excluding hydrogens is 267 g/mol. The maximum Gasteiger partial charge on any atom is 0.243 e. The van der Waals surface area contributed by atoms with Gasteiger partial charge in [-0.15, -0.1) is 0 Å². The van der Waals surface area contributed by atoms with Gasteiger partial charge in [-0.05, 0) is 30.9 Å². The number of benzene rings is 1. The van der Waals surface area contributed by atoms with Crippen LogP contribution in [0.15, 0.2) is 29.2 Å². The standard InChI is InChI=1S/C13H19FN2O2S/c14-11-6-2-4-8-13(11)19(17,18)16-9-10-5-1-3-7-12(10)15/h2,4,6,8,10,12,16H,1,3,5,7,9,15H2. The quantitative estimate of drug-likeness (QED) is 0.883. The average Bonchev–Trinajstić information content (AvgIpc) is 2.38. The summed E-state index contributed by atoms with van der Waals surface area (Å²) in [5, 5.41) is 0. The molecule has 0 aliphatic heterocycles. The summed E-state index contributed by atoms with van der Waals surface area (Å²) >= 11 is 0. The van der Waals surface area contributed by atoms with Crippen molar-refractivity contribution in [2.45, 2.75) is 36.6 Å². The lowest BCUT2D eigenvalue weighted by Crippen LogP contribution is -2.41. The van der Waals surface area contributed by atoms with Crippen LogP contribution in [-0.4, -0.2) is 21.0 Å². The molecule has 0 spiro atoms. The summed E-state index contributed by atoms with van der Waals surface area (Å²) in [6.07, 6.45) is 4.00. The lowest BCUT2D eigenvalue weighted by molar-refractivity contribution is 0.308. The number of halogens is 1. The molecule has 2 atom stereocenters. The third kappa shape index (κ3) is 3.52.